The fraction of sp³-hybridized carbons (Fsp3) is 0.235. The van der Waals surface area contributed by atoms with Gasteiger partial charge in [0.05, 0.1) is 25.8 Å². The number of fused-ring (bicyclic) bond motifs is 1. The van der Waals surface area contributed by atoms with Gasteiger partial charge in [-0.25, -0.2) is 0 Å². The maximum atomic E-state index is 12.5. The van der Waals surface area contributed by atoms with Crippen LogP contribution in [0.4, 0.5) is 5.69 Å². The molecule has 1 amide bonds. The predicted octanol–water partition coefficient (Wildman–Crippen LogP) is 3.94. The van der Waals surface area contributed by atoms with Crippen molar-refractivity contribution in [2.45, 2.75) is 6.54 Å². The first kappa shape index (κ1) is 16.7. The Balaban J connectivity index is 2.02. The van der Waals surface area contributed by atoms with Gasteiger partial charge in [-0.3, -0.25) is 4.79 Å². The van der Waals surface area contributed by atoms with E-state index in [1.807, 2.05) is 0 Å². The quantitative estimate of drug-likeness (QED) is 0.824. The van der Waals surface area contributed by atoms with E-state index in [0.717, 1.165) is 5.56 Å². The summed E-state index contributed by atoms with van der Waals surface area (Å²) < 4.78 is 16.1. The molecule has 0 saturated heterocycles. The fourth-order valence-corrected chi connectivity index (χ4v) is 3.07. The van der Waals surface area contributed by atoms with Crippen molar-refractivity contribution in [3.8, 4) is 17.2 Å². The van der Waals surface area contributed by atoms with E-state index in [2.05, 4.69) is 0 Å². The van der Waals surface area contributed by atoms with Gasteiger partial charge in [-0.05, 0) is 24.3 Å². The second-order valence-electron chi connectivity index (χ2n) is 5.18. The van der Waals surface area contributed by atoms with Gasteiger partial charge in [0, 0.05) is 22.3 Å². The molecule has 1 aliphatic heterocycles. The van der Waals surface area contributed by atoms with Crippen LogP contribution in [0.3, 0.4) is 0 Å². The Bertz CT molecular complexity index is 794. The molecule has 0 aromatic heterocycles. The highest BCUT2D eigenvalue weighted by molar-refractivity contribution is 6.32. The van der Waals surface area contributed by atoms with Gasteiger partial charge in [0.2, 0.25) is 0 Å². The summed E-state index contributed by atoms with van der Waals surface area (Å²) in [4.78, 5) is 14.1. The second kappa shape index (κ2) is 6.79. The van der Waals surface area contributed by atoms with E-state index in [9.17, 15) is 4.79 Å². The molecule has 1 heterocycles. The minimum absolute atomic E-state index is 0.103. The summed E-state index contributed by atoms with van der Waals surface area (Å²) in [5.74, 6) is 1.38. The van der Waals surface area contributed by atoms with Gasteiger partial charge >= 0.3 is 0 Å². The molecule has 0 fully saturated rings. The average molecular weight is 368 g/mol. The van der Waals surface area contributed by atoms with Crippen LogP contribution in [0.25, 0.3) is 0 Å². The van der Waals surface area contributed by atoms with Crippen LogP contribution in [0.15, 0.2) is 30.3 Å². The van der Waals surface area contributed by atoms with E-state index in [1.165, 1.54) is 14.2 Å². The predicted molar refractivity (Wildman–Crippen MR) is 92.7 cm³/mol. The van der Waals surface area contributed by atoms with Crippen LogP contribution < -0.4 is 19.1 Å². The van der Waals surface area contributed by atoms with E-state index < -0.39 is 0 Å². The second-order valence-corrected chi connectivity index (χ2v) is 6.03. The number of anilines is 1. The summed E-state index contributed by atoms with van der Waals surface area (Å²) in [6, 6.07) is 8.59. The molecular weight excluding hydrogens is 353 g/mol. The molecule has 5 nitrogen and oxygen atoms in total. The molecule has 0 saturated carbocycles. The number of nitrogens with zero attached hydrogens (tertiary/aromatic N) is 1. The van der Waals surface area contributed by atoms with E-state index in [-0.39, 0.29) is 12.5 Å². The molecule has 0 unspecified atom stereocenters. The lowest BCUT2D eigenvalue weighted by atomic mass is 10.1. The lowest BCUT2D eigenvalue weighted by Crippen LogP contribution is -2.32. The minimum Gasteiger partial charge on any atom is -0.495 e. The SMILES string of the molecule is COc1ccc(N2Cc3cc(Cl)cc(OC)c3OCC2=O)cc1Cl. The van der Waals surface area contributed by atoms with Crippen molar-refractivity contribution in [3.63, 3.8) is 0 Å². The number of halogens is 2. The Hall–Kier alpha value is -2.11. The third-order valence-electron chi connectivity index (χ3n) is 3.73. The highest BCUT2D eigenvalue weighted by Crippen LogP contribution is 2.38. The monoisotopic (exact) mass is 367 g/mol. The van der Waals surface area contributed by atoms with Crippen LogP contribution in [-0.4, -0.2) is 26.7 Å². The fourth-order valence-electron chi connectivity index (χ4n) is 2.58. The maximum absolute atomic E-state index is 12.5. The van der Waals surface area contributed by atoms with Crippen molar-refractivity contribution in [1.82, 2.24) is 0 Å². The van der Waals surface area contributed by atoms with Gasteiger partial charge in [-0.1, -0.05) is 23.2 Å². The third kappa shape index (κ3) is 3.09. The summed E-state index contributed by atoms with van der Waals surface area (Å²) in [6.45, 7) is 0.197. The zero-order valence-corrected chi connectivity index (χ0v) is 14.6. The molecule has 0 aliphatic carbocycles. The lowest BCUT2D eigenvalue weighted by Gasteiger charge is -2.21. The average Bonchev–Trinajstić information content (AvgIpc) is 2.73. The number of amides is 1. The summed E-state index contributed by atoms with van der Waals surface area (Å²) in [5.41, 5.74) is 1.42. The van der Waals surface area contributed by atoms with Crippen molar-refractivity contribution in [3.05, 3.63) is 45.9 Å². The molecule has 24 heavy (non-hydrogen) atoms. The summed E-state index contributed by atoms with van der Waals surface area (Å²) >= 11 is 12.3. The number of hydrogen-bond donors (Lipinski definition) is 0. The van der Waals surface area contributed by atoms with Gasteiger partial charge in [-0.15, -0.1) is 0 Å². The summed E-state index contributed by atoms with van der Waals surface area (Å²) in [7, 11) is 3.07. The molecular formula is C17H15Cl2NO4. The first-order chi connectivity index (χ1) is 11.5. The number of methoxy groups -OCH3 is 2. The third-order valence-corrected chi connectivity index (χ3v) is 4.25. The molecule has 0 atom stereocenters. The number of hydrogen-bond acceptors (Lipinski definition) is 4. The number of benzene rings is 2. The zero-order valence-electron chi connectivity index (χ0n) is 13.1. The van der Waals surface area contributed by atoms with Crippen molar-refractivity contribution in [1.29, 1.82) is 0 Å². The molecule has 1 aliphatic rings. The molecule has 0 spiro atoms. The summed E-state index contributed by atoms with van der Waals surface area (Å²) in [6.07, 6.45) is 0. The number of ether oxygens (including phenoxy) is 3. The molecule has 0 radical (unpaired) electrons. The molecule has 2 aromatic carbocycles. The molecule has 2 aromatic rings. The smallest absolute Gasteiger partial charge is 0.265 e. The molecule has 7 heteroatoms. The van der Waals surface area contributed by atoms with Crippen LogP contribution in [0.5, 0.6) is 17.2 Å². The number of carbonyl (C=O) groups excluding carboxylic acids is 1. The Morgan fingerprint density at radius 2 is 1.83 bits per heavy atom. The van der Waals surface area contributed by atoms with E-state index in [0.29, 0.717) is 39.5 Å². The summed E-state index contributed by atoms with van der Waals surface area (Å²) in [5, 5.41) is 0.938. The van der Waals surface area contributed by atoms with Crippen LogP contribution >= 0.6 is 23.2 Å². The van der Waals surface area contributed by atoms with Crippen molar-refractivity contribution < 1.29 is 19.0 Å². The Morgan fingerprint density at radius 1 is 1.08 bits per heavy atom. The minimum atomic E-state index is -0.189. The molecule has 0 N–H and O–H groups in total. The standard InChI is InChI=1S/C17H15Cl2NO4/c1-22-14-4-3-12(7-13(14)19)20-8-10-5-11(18)6-15(23-2)17(10)24-9-16(20)21/h3-7H,8-9H2,1-2H3. The van der Waals surface area contributed by atoms with Crippen LogP contribution in [0, 0.1) is 0 Å². The highest BCUT2D eigenvalue weighted by Gasteiger charge is 2.26. The lowest BCUT2D eigenvalue weighted by molar-refractivity contribution is -0.120. The molecule has 0 bridgehead atoms. The first-order valence-corrected chi connectivity index (χ1v) is 7.92. The first-order valence-electron chi connectivity index (χ1n) is 7.16. The molecule has 126 valence electrons. The van der Waals surface area contributed by atoms with E-state index >= 15 is 0 Å². The largest absolute Gasteiger partial charge is 0.495 e. The van der Waals surface area contributed by atoms with Gasteiger partial charge in [0.1, 0.15) is 5.75 Å². The normalized spacial score (nSPS) is 13.8. The Morgan fingerprint density at radius 3 is 2.50 bits per heavy atom. The Kier molecular flexibility index (Phi) is 4.73. The maximum Gasteiger partial charge on any atom is 0.265 e. The van der Waals surface area contributed by atoms with Crippen LogP contribution in [0.2, 0.25) is 10.0 Å². The van der Waals surface area contributed by atoms with Crippen molar-refractivity contribution in [2.24, 2.45) is 0 Å². The van der Waals surface area contributed by atoms with E-state index in [1.54, 1.807) is 35.2 Å². The van der Waals surface area contributed by atoms with Crippen molar-refractivity contribution in [2.75, 3.05) is 25.7 Å². The van der Waals surface area contributed by atoms with Crippen LogP contribution in [-0.2, 0) is 11.3 Å². The highest BCUT2D eigenvalue weighted by atomic mass is 35.5. The molecule has 3 rings (SSSR count). The zero-order chi connectivity index (χ0) is 17.3. The number of rotatable bonds is 3. The van der Waals surface area contributed by atoms with E-state index in [4.69, 9.17) is 37.4 Å². The van der Waals surface area contributed by atoms with Gasteiger partial charge in [0.25, 0.3) is 5.91 Å². The Labute approximate surface area is 149 Å². The van der Waals surface area contributed by atoms with Gasteiger partial charge in [0.15, 0.2) is 18.1 Å². The number of carbonyl (C=O) groups is 1. The topological polar surface area (TPSA) is 48.0 Å². The van der Waals surface area contributed by atoms with Gasteiger partial charge < -0.3 is 19.1 Å². The van der Waals surface area contributed by atoms with Gasteiger partial charge in [-0.2, -0.15) is 0 Å². The van der Waals surface area contributed by atoms with Crippen LogP contribution in [0.1, 0.15) is 5.56 Å². The van der Waals surface area contributed by atoms with Crippen molar-refractivity contribution >= 4 is 34.8 Å².